The van der Waals surface area contributed by atoms with Gasteiger partial charge >= 0.3 is 0 Å². The maximum Gasteiger partial charge on any atom is 0.253 e. The lowest BCUT2D eigenvalue weighted by Crippen LogP contribution is -2.53. The van der Waals surface area contributed by atoms with E-state index in [0.717, 1.165) is 38.2 Å². The van der Waals surface area contributed by atoms with Crippen molar-refractivity contribution in [3.05, 3.63) is 77.7 Å². The molecule has 0 unspecified atom stereocenters. The molecule has 1 amide bonds. The van der Waals surface area contributed by atoms with Gasteiger partial charge < -0.3 is 9.42 Å². The van der Waals surface area contributed by atoms with Crippen LogP contribution in [0.5, 0.6) is 0 Å². The molecule has 2 fully saturated rings. The van der Waals surface area contributed by atoms with E-state index in [0.29, 0.717) is 24.2 Å². The zero-order valence-corrected chi connectivity index (χ0v) is 17.1. The molecule has 2 saturated heterocycles. The van der Waals surface area contributed by atoms with Gasteiger partial charge in [0.1, 0.15) is 0 Å². The lowest BCUT2D eigenvalue weighted by Gasteiger charge is -2.41. The molecule has 2 aliphatic heterocycles. The minimum absolute atomic E-state index is 0.0652. The quantitative estimate of drug-likeness (QED) is 0.667. The number of benzene rings is 1. The molecule has 3 aromatic rings. The van der Waals surface area contributed by atoms with Crippen LogP contribution in [0.25, 0.3) is 0 Å². The molecule has 0 bridgehead atoms. The number of aryl methyl sites for hydroxylation is 1. The molecule has 4 heterocycles. The number of pyridine rings is 1. The van der Waals surface area contributed by atoms with Crippen molar-refractivity contribution < 1.29 is 9.32 Å². The first-order chi connectivity index (χ1) is 14.6. The van der Waals surface area contributed by atoms with Gasteiger partial charge in [-0.3, -0.25) is 14.7 Å². The van der Waals surface area contributed by atoms with Gasteiger partial charge in [0.15, 0.2) is 5.82 Å². The largest absolute Gasteiger partial charge is 0.339 e. The maximum atomic E-state index is 13.2. The lowest BCUT2D eigenvalue weighted by atomic mass is 9.73. The fourth-order valence-corrected chi connectivity index (χ4v) is 4.97. The summed E-state index contributed by atoms with van der Waals surface area (Å²) in [7, 11) is 0. The molecule has 0 saturated carbocycles. The van der Waals surface area contributed by atoms with Crippen molar-refractivity contribution in [2.45, 2.75) is 25.3 Å². The molecule has 2 aromatic heterocycles. The molecule has 1 aromatic carbocycles. The van der Waals surface area contributed by atoms with Crippen LogP contribution in [0.15, 0.2) is 59.4 Å². The Morgan fingerprint density at radius 3 is 2.80 bits per heavy atom. The summed E-state index contributed by atoms with van der Waals surface area (Å²) in [6, 6.07) is 13.6. The van der Waals surface area contributed by atoms with Crippen molar-refractivity contribution in [1.29, 1.82) is 0 Å². The topological polar surface area (TPSA) is 75.4 Å². The first-order valence-corrected chi connectivity index (χ1v) is 10.4. The molecular formula is C23H25N5O2. The normalized spacial score (nSPS) is 24.0. The van der Waals surface area contributed by atoms with E-state index in [1.807, 2.05) is 54.4 Å². The Labute approximate surface area is 175 Å². The highest BCUT2D eigenvalue weighted by atomic mass is 16.5. The molecule has 5 rings (SSSR count). The van der Waals surface area contributed by atoms with Crippen LogP contribution in [0.4, 0.5) is 0 Å². The number of hydrogen-bond donors (Lipinski definition) is 0. The van der Waals surface area contributed by atoms with E-state index in [1.165, 1.54) is 5.56 Å². The smallest absolute Gasteiger partial charge is 0.253 e. The Bertz CT molecular complexity index is 1020. The number of carbonyl (C=O) groups excluding carboxylic acids is 1. The Morgan fingerprint density at radius 1 is 1.20 bits per heavy atom. The van der Waals surface area contributed by atoms with Crippen molar-refractivity contribution in [2.24, 2.45) is 5.92 Å². The minimum atomic E-state index is -0.341. The lowest BCUT2D eigenvalue weighted by molar-refractivity contribution is 0.0536. The summed E-state index contributed by atoms with van der Waals surface area (Å²) in [5.41, 5.74) is 1.56. The molecule has 0 N–H and O–H groups in total. The average molecular weight is 403 g/mol. The number of rotatable bonds is 4. The van der Waals surface area contributed by atoms with Crippen LogP contribution in [-0.2, 0) is 12.0 Å². The predicted molar refractivity (Wildman–Crippen MR) is 111 cm³/mol. The standard InChI is InChI=1S/C23H25N5O2/c1-17-25-22(30-26-17)23-15-27(13-18-6-5-10-24-12-18)14-20(23)9-11-28(16-23)21(29)19-7-3-2-4-8-19/h2-8,10,12,20H,9,11,13-16H2,1H3/t20-,23+/m0/s1. The van der Waals surface area contributed by atoms with Gasteiger partial charge in [0.2, 0.25) is 5.89 Å². The molecule has 30 heavy (non-hydrogen) atoms. The predicted octanol–water partition coefficient (Wildman–Crippen LogP) is 2.69. The third-order valence-corrected chi connectivity index (χ3v) is 6.38. The SMILES string of the molecule is Cc1noc([C@@]23CN(Cc4cccnc4)C[C@@H]2CCN(C(=O)c2ccccc2)C3)n1. The van der Waals surface area contributed by atoms with Crippen molar-refractivity contribution in [1.82, 2.24) is 24.9 Å². The van der Waals surface area contributed by atoms with E-state index in [1.54, 1.807) is 6.20 Å². The van der Waals surface area contributed by atoms with Crippen LogP contribution in [0.3, 0.4) is 0 Å². The van der Waals surface area contributed by atoms with E-state index < -0.39 is 0 Å². The minimum Gasteiger partial charge on any atom is -0.339 e. The number of hydrogen-bond acceptors (Lipinski definition) is 6. The fraction of sp³-hybridized carbons (Fsp3) is 0.391. The number of aromatic nitrogens is 3. The summed E-state index contributed by atoms with van der Waals surface area (Å²) in [6.07, 6.45) is 4.63. The van der Waals surface area contributed by atoms with Crippen LogP contribution in [0, 0.1) is 12.8 Å². The second-order valence-electron chi connectivity index (χ2n) is 8.41. The van der Waals surface area contributed by atoms with E-state index >= 15 is 0 Å². The second kappa shape index (κ2) is 7.65. The monoisotopic (exact) mass is 403 g/mol. The van der Waals surface area contributed by atoms with Crippen molar-refractivity contribution in [3.8, 4) is 0 Å². The van der Waals surface area contributed by atoms with Gasteiger partial charge in [0, 0.05) is 50.7 Å². The third-order valence-electron chi connectivity index (χ3n) is 6.38. The summed E-state index contributed by atoms with van der Waals surface area (Å²) in [6.45, 7) is 5.74. The Kier molecular flexibility index (Phi) is 4.83. The van der Waals surface area contributed by atoms with Crippen LogP contribution < -0.4 is 0 Å². The number of amides is 1. The molecule has 7 heteroatoms. The van der Waals surface area contributed by atoms with Gasteiger partial charge in [-0.15, -0.1) is 0 Å². The van der Waals surface area contributed by atoms with E-state index in [4.69, 9.17) is 4.52 Å². The number of nitrogens with zero attached hydrogens (tertiary/aromatic N) is 5. The van der Waals surface area contributed by atoms with Crippen molar-refractivity contribution >= 4 is 5.91 Å². The summed E-state index contributed by atoms with van der Waals surface area (Å²) in [5.74, 6) is 1.73. The molecule has 0 aliphatic carbocycles. The molecule has 0 spiro atoms. The first kappa shape index (κ1) is 18.9. The Morgan fingerprint density at radius 2 is 2.07 bits per heavy atom. The zero-order chi connectivity index (χ0) is 20.6. The number of carbonyl (C=O) groups is 1. The van der Waals surface area contributed by atoms with Crippen LogP contribution >= 0.6 is 0 Å². The third kappa shape index (κ3) is 3.39. The summed E-state index contributed by atoms with van der Waals surface area (Å²) in [4.78, 5) is 26.4. The highest BCUT2D eigenvalue weighted by Gasteiger charge is 2.55. The molecule has 7 nitrogen and oxygen atoms in total. The summed E-state index contributed by atoms with van der Waals surface area (Å²) in [5, 5.41) is 4.07. The summed E-state index contributed by atoms with van der Waals surface area (Å²) >= 11 is 0. The van der Waals surface area contributed by atoms with Crippen molar-refractivity contribution in [3.63, 3.8) is 0 Å². The van der Waals surface area contributed by atoms with E-state index in [2.05, 4.69) is 26.1 Å². The van der Waals surface area contributed by atoms with E-state index in [9.17, 15) is 4.79 Å². The van der Waals surface area contributed by atoms with Gasteiger partial charge in [0.05, 0.1) is 5.41 Å². The first-order valence-electron chi connectivity index (χ1n) is 10.4. The van der Waals surface area contributed by atoms with Crippen LogP contribution in [-0.4, -0.2) is 57.0 Å². The Hall–Kier alpha value is -3.06. The van der Waals surface area contributed by atoms with E-state index in [-0.39, 0.29) is 11.3 Å². The number of fused-ring (bicyclic) bond motifs is 1. The molecule has 0 radical (unpaired) electrons. The van der Waals surface area contributed by atoms with Gasteiger partial charge in [-0.1, -0.05) is 29.4 Å². The van der Waals surface area contributed by atoms with Gasteiger partial charge in [-0.05, 0) is 43.0 Å². The highest BCUT2D eigenvalue weighted by molar-refractivity contribution is 5.94. The number of likely N-dealkylation sites (tertiary alicyclic amines) is 2. The fourth-order valence-electron chi connectivity index (χ4n) is 4.97. The van der Waals surface area contributed by atoms with Gasteiger partial charge in [-0.25, -0.2) is 0 Å². The Balaban J connectivity index is 1.44. The molecule has 154 valence electrons. The van der Waals surface area contributed by atoms with Crippen LogP contribution in [0.2, 0.25) is 0 Å². The van der Waals surface area contributed by atoms with Crippen molar-refractivity contribution in [2.75, 3.05) is 26.2 Å². The van der Waals surface area contributed by atoms with Crippen LogP contribution in [0.1, 0.15) is 34.1 Å². The maximum absolute atomic E-state index is 13.2. The van der Waals surface area contributed by atoms with Gasteiger partial charge in [-0.2, -0.15) is 4.98 Å². The highest BCUT2D eigenvalue weighted by Crippen LogP contribution is 2.44. The second-order valence-corrected chi connectivity index (χ2v) is 8.41. The molecular weight excluding hydrogens is 378 g/mol. The number of piperidine rings is 1. The molecule has 2 aliphatic rings. The van der Waals surface area contributed by atoms with Gasteiger partial charge in [0.25, 0.3) is 5.91 Å². The average Bonchev–Trinajstić information content (AvgIpc) is 3.38. The summed E-state index contributed by atoms with van der Waals surface area (Å²) < 4.78 is 5.70. The molecule has 2 atom stereocenters. The zero-order valence-electron chi connectivity index (χ0n) is 17.1.